The van der Waals surface area contributed by atoms with E-state index in [0.29, 0.717) is 13.1 Å². The molecule has 0 saturated carbocycles. The van der Waals surface area contributed by atoms with Crippen LogP contribution in [0.15, 0.2) is 0 Å². The molecule has 2 aliphatic rings. The Bertz CT molecular complexity index is 531. The summed E-state index contributed by atoms with van der Waals surface area (Å²) in [5.74, 6) is -5.71. The highest BCUT2D eigenvalue weighted by molar-refractivity contribution is 5.84. The molecule has 2 aliphatic heterocycles. The van der Waals surface area contributed by atoms with Gasteiger partial charge < -0.3 is 14.7 Å². The number of nitrogens with zero attached hydrogens (tertiary/aromatic N) is 2. The maximum absolute atomic E-state index is 13.2. The van der Waals surface area contributed by atoms with Crippen LogP contribution in [0.3, 0.4) is 0 Å². The maximum Gasteiger partial charge on any atom is 0.394 e. The van der Waals surface area contributed by atoms with Crippen LogP contribution in [0.1, 0.15) is 27.7 Å². The van der Waals surface area contributed by atoms with Crippen molar-refractivity contribution in [2.75, 3.05) is 26.2 Å². The summed E-state index contributed by atoms with van der Waals surface area (Å²) in [6, 6.07) is -0.592. The fourth-order valence-corrected chi connectivity index (χ4v) is 4.06. The summed E-state index contributed by atoms with van der Waals surface area (Å²) >= 11 is 0. The van der Waals surface area contributed by atoms with Gasteiger partial charge in [0, 0.05) is 26.2 Å². The molecule has 0 aromatic rings. The van der Waals surface area contributed by atoms with Crippen molar-refractivity contribution in [1.29, 1.82) is 0 Å². The minimum atomic E-state index is -4.65. The van der Waals surface area contributed by atoms with Crippen LogP contribution in [0.4, 0.5) is 13.2 Å². The van der Waals surface area contributed by atoms with E-state index in [0.717, 1.165) is 4.90 Å². The summed E-state index contributed by atoms with van der Waals surface area (Å²) in [4.78, 5) is 27.3. The first-order valence-electron chi connectivity index (χ1n) is 8.89. The van der Waals surface area contributed by atoms with E-state index in [9.17, 15) is 22.8 Å². The lowest BCUT2D eigenvalue weighted by molar-refractivity contribution is -0.188. The van der Waals surface area contributed by atoms with Crippen LogP contribution in [0, 0.1) is 17.8 Å². The van der Waals surface area contributed by atoms with Crippen LogP contribution in [0.2, 0.25) is 0 Å². The summed E-state index contributed by atoms with van der Waals surface area (Å²) in [6.45, 7) is 7.49. The molecule has 2 saturated heterocycles. The van der Waals surface area contributed by atoms with Crippen molar-refractivity contribution in [3.63, 3.8) is 0 Å². The van der Waals surface area contributed by atoms with Gasteiger partial charge >= 0.3 is 12.1 Å². The Labute approximate surface area is 151 Å². The Hall–Kier alpha value is -1.35. The van der Waals surface area contributed by atoms with Crippen molar-refractivity contribution >= 4 is 11.9 Å². The van der Waals surface area contributed by atoms with Gasteiger partial charge in [0.25, 0.3) is 0 Å². The van der Waals surface area contributed by atoms with Crippen LogP contribution in [-0.4, -0.2) is 77.4 Å². The molecule has 2 rings (SSSR count). The number of carboxylic acids is 1. The van der Waals surface area contributed by atoms with Crippen molar-refractivity contribution in [2.24, 2.45) is 17.8 Å². The van der Waals surface area contributed by atoms with E-state index in [1.54, 1.807) is 0 Å². The van der Waals surface area contributed by atoms with Crippen LogP contribution in [0.5, 0.6) is 0 Å². The van der Waals surface area contributed by atoms with Crippen LogP contribution in [-0.2, 0) is 14.3 Å². The van der Waals surface area contributed by atoms with Crippen molar-refractivity contribution in [3.05, 3.63) is 0 Å². The number of carbonyl (C=O) groups excluding carboxylic acids is 1. The third-order valence-electron chi connectivity index (χ3n) is 5.09. The van der Waals surface area contributed by atoms with E-state index < -0.39 is 49.0 Å². The summed E-state index contributed by atoms with van der Waals surface area (Å²) in [5.41, 5.74) is 0. The molecule has 3 unspecified atom stereocenters. The van der Waals surface area contributed by atoms with Gasteiger partial charge in [-0.15, -0.1) is 0 Å². The minimum absolute atomic E-state index is 0.0823. The van der Waals surface area contributed by atoms with Gasteiger partial charge in [0.15, 0.2) is 0 Å². The fraction of sp³-hybridized carbons (Fsp3) is 0.882. The van der Waals surface area contributed by atoms with Crippen LogP contribution in [0.25, 0.3) is 0 Å². The number of hydrogen-bond donors (Lipinski definition) is 1. The summed E-state index contributed by atoms with van der Waals surface area (Å²) in [7, 11) is 0. The number of carboxylic acid groups (broad SMARTS) is 1. The average Bonchev–Trinajstić information content (AvgIpc) is 2.91. The van der Waals surface area contributed by atoms with E-state index in [1.165, 1.54) is 0 Å². The lowest BCUT2D eigenvalue weighted by Crippen LogP contribution is -2.57. The Balaban J connectivity index is 2.20. The van der Waals surface area contributed by atoms with E-state index in [1.807, 2.05) is 32.6 Å². The molecule has 6 nitrogen and oxygen atoms in total. The molecule has 0 aromatic carbocycles. The van der Waals surface area contributed by atoms with Crippen molar-refractivity contribution in [1.82, 2.24) is 9.80 Å². The van der Waals surface area contributed by atoms with E-state index in [-0.39, 0.29) is 18.1 Å². The standard InChI is InChI=1S/C17H27F3N2O4/c1-9(2)14(21-5-10(3)26-11(4)6-21)15(23)22-7-12(16(24)25)13(8-22)17(18,19)20/h9-14H,5-8H2,1-4H3,(H,24,25)/t10?,11?,12-,13-,14?/m1/s1. The predicted molar refractivity (Wildman–Crippen MR) is 87.5 cm³/mol. The van der Waals surface area contributed by atoms with E-state index in [2.05, 4.69) is 0 Å². The Kier molecular flexibility index (Phi) is 6.22. The number of alkyl halides is 3. The Morgan fingerprint density at radius 3 is 2.00 bits per heavy atom. The molecule has 0 aromatic heterocycles. The summed E-state index contributed by atoms with van der Waals surface area (Å²) in [5, 5.41) is 9.15. The monoisotopic (exact) mass is 380 g/mol. The van der Waals surface area contributed by atoms with Gasteiger partial charge in [-0.3, -0.25) is 14.5 Å². The average molecular weight is 380 g/mol. The highest BCUT2D eigenvalue weighted by Gasteiger charge is 2.54. The summed E-state index contributed by atoms with van der Waals surface area (Å²) < 4.78 is 45.3. The second-order valence-corrected chi connectivity index (χ2v) is 7.74. The molecular weight excluding hydrogens is 353 g/mol. The highest BCUT2D eigenvalue weighted by atomic mass is 19.4. The second kappa shape index (κ2) is 7.72. The van der Waals surface area contributed by atoms with Gasteiger partial charge in [0.1, 0.15) is 0 Å². The number of amides is 1. The Morgan fingerprint density at radius 1 is 1.08 bits per heavy atom. The SMILES string of the molecule is CC1CN(C(C(=O)N2C[C@@H](C(F)(F)F)[C@H](C(=O)O)C2)C(C)C)CC(C)O1. The zero-order valence-electron chi connectivity index (χ0n) is 15.5. The first kappa shape index (κ1) is 21.0. The predicted octanol–water partition coefficient (Wildman–Crippen LogP) is 1.84. The van der Waals surface area contributed by atoms with Crippen LogP contribution < -0.4 is 0 Å². The first-order valence-corrected chi connectivity index (χ1v) is 8.89. The number of morpholine rings is 1. The molecule has 5 atom stereocenters. The maximum atomic E-state index is 13.2. The number of halogens is 3. The van der Waals surface area contributed by atoms with Gasteiger partial charge in [-0.25, -0.2) is 0 Å². The topological polar surface area (TPSA) is 70.1 Å². The number of ether oxygens (including phenoxy) is 1. The van der Waals surface area contributed by atoms with Crippen LogP contribution >= 0.6 is 0 Å². The molecule has 1 N–H and O–H groups in total. The molecule has 0 aliphatic carbocycles. The molecule has 2 fully saturated rings. The van der Waals surface area contributed by atoms with Gasteiger partial charge in [0.05, 0.1) is 30.1 Å². The third kappa shape index (κ3) is 4.49. The molecule has 9 heteroatoms. The lowest BCUT2D eigenvalue weighted by Gasteiger charge is -2.42. The molecule has 0 spiro atoms. The Morgan fingerprint density at radius 2 is 1.62 bits per heavy atom. The number of aliphatic carboxylic acids is 1. The molecule has 2 heterocycles. The van der Waals surface area contributed by atoms with Gasteiger partial charge in [0.2, 0.25) is 5.91 Å². The number of hydrogen-bond acceptors (Lipinski definition) is 4. The molecule has 1 amide bonds. The molecule has 0 bridgehead atoms. The van der Waals surface area contributed by atoms with Gasteiger partial charge in [-0.1, -0.05) is 13.8 Å². The zero-order valence-corrected chi connectivity index (χ0v) is 15.5. The van der Waals surface area contributed by atoms with Crippen molar-refractivity contribution in [2.45, 2.75) is 52.1 Å². The molecular formula is C17H27F3N2O4. The number of rotatable bonds is 4. The minimum Gasteiger partial charge on any atom is -0.481 e. The lowest BCUT2D eigenvalue weighted by atomic mass is 9.96. The zero-order chi connectivity index (χ0) is 19.8. The van der Waals surface area contributed by atoms with Crippen molar-refractivity contribution < 1.29 is 32.6 Å². The van der Waals surface area contributed by atoms with E-state index >= 15 is 0 Å². The van der Waals surface area contributed by atoms with Gasteiger partial charge in [-0.05, 0) is 19.8 Å². The van der Waals surface area contributed by atoms with Gasteiger partial charge in [-0.2, -0.15) is 13.2 Å². The summed E-state index contributed by atoms with van der Waals surface area (Å²) in [6.07, 6.45) is -4.81. The molecule has 26 heavy (non-hydrogen) atoms. The largest absolute Gasteiger partial charge is 0.481 e. The highest BCUT2D eigenvalue weighted by Crippen LogP contribution is 2.38. The quantitative estimate of drug-likeness (QED) is 0.806. The van der Waals surface area contributed by atoms with Crippen molar-refractivity contribution in [3.8, 4) is 0 Å². The number of carbonyl (C=O) groups is 2. The third-order valence-corrected chi connectivity index (χ3v) is 5.09. The fourth-order valence-electron chi connectivity index (χ4n) is 4.06. The first-order chi connectivity index (χ1) is 11.9. The number of likely N-dealkylation sites (tertiary alicyclic amines) is 1. The smallest absolute Gasteiger partial charge is 0.394 e. The van der Waals surface area contributed by atoms with E-state index in [4.69, 9.17) is 9.84 Å². The molecule has 0 radical (unpaired) electrons. The normalized spacial score (nSPS) is 32.1. The molecule has 150 valence electrons. The second-order valence-electron chi connectivity index (χ2n) is 7.74.